The highest BCUT2D eigenvalue weighted by Crippen LogP contribution is 2.77. The van der Waals surface area contributed by atoms with Crippen LogP contribution in [-0.2, 0) is 23.9 Å². The maximum atomic E-state index is 13.3. The Morgan fingerprint density at radius 1 is 1.14 bits per heavy atom. The quantitative estimate of drug-likeness (QED) is 0.113. The van der Waals surface area contributed by atoms with E-state index in [0.29, 0.717) is 11.1 Å². The van der Waals surface area contributed by atoms with Gasteiger partial charge in [-0.05, 0) is 30.9 Å². The molecule has 4 aliphatic carbocycles. The Hall–Kier alpha value is -2.55. The monoisotopic (exact) mass is 584 g/mol. The number of fused-ring (bicyclic) bond motifs is 5. The van der Waals surface area contributed by atoms with E-state index >= 15 is 0 Å². The first-order valence-electron chi connectivity index (χ1n) is 15.4. The van der Waals surface area contributed by atoms with Gasteiger partial charge in [0.15, 0.2) is 11.4 Å². The molecule has 0 bridgehead atoms. The number of hydrogen-bond donors (Lipinski definition) is 3. The first-order valence-corrected chi connectivity index (χ1v) is 15.4. The summed E-state index contributed by atoms with van der Waals surface area (Å²) in [4.78, 5) is 39.6. The van der Waals surface area contributed by atoms with E-state index in [9.17, 15) is 29.7 Å². The highest BCUT2D eigenvalue weighted by molar-refractivity contribution is 6.04. The lowest BCUT2D eigenvalue weighted by Gasteiger charge is -2.53. The van der Waals surface area contributed by atoms with E-state index in [2.05, 4.69) is 6.92 Å². The van der Waals surface area contributed by atoms with Crippen LogP contribution in [0.25, 0.3) is 0 Å². The van der Waals surface area contributed by atoms with Crippen LogP contribution in [0.1, 0.15) is 80.6 Å². The second kappa shape index (κ2) is 11.5. The first-order chi connectivity index (χ1) is 19.6. The molecule has 0 aliphatic heterocycles. The molecule has 0 aromatic carbocycles. The van der Waals surface area contributed by atoms with Crippen LogP contribution in [0.5, 0.6) is 0 Å². The Kier molecular flexibility index (Phi) is 8.87. The molecule has 4 rings (SSSR count). The number of ether oxygens (including phenoxy) is 2. The van der Waals surface area contributed by atoms with Crippen molar-refractivity contribution in [2.24, 2.45) is 35.0 Å². The molecule has 4 aliphatic rings. The third-order valence-corrected chi connectivity index (χ3v) is 10.4. The molecule has 8 nitrogen and oxygen atoms in total. The van der Waals surface area contributed by atoms with Crippen molar-refractivity contribution in [3.05, 3.63) is 47.6 Å². The minimum Gasteiger partial charge on any atom is -0.455 e. The lowest BCUT2D eigenvalue weighted by Crippen LogP contribution is -2.66. The van der Waals surface area contributed by atoms with E-state index in [1.807, 2.05) is 19.9 Å². The van der Waals surface area contributed by atoms with Gasteiger partial charge < -0.3 is 24.8 Å². The van der Waals surface area contributed by atoms with Gasteiger partial charge in [-0.15, -0.1) is 0 Å². The molecule has 42 heavy (non-hydrogen) atoms. The van der Waals surface area contributed by atoms with Gasteiger partial charge in [-0.2, -0.15) is 0 Å². The van der Waals surface area contributed by atoms with Crippen molar-refractivity contribution in [3.8, 4) is 0 Å². The van der Waals surface area contributed by atoms with Crippen LogP contribution < -0.4 is 0 Å². The van der Waals surface area contributed by atoms with Crippen LogP contribution in [0.2, 0.25) is 0 Å². The fourth-order valence-electron chi connectivity index (χ4n) is 8.09. The molecule has 232 valence electrons. The number of carbonyl (C=O) groups excluding carboxylic acids is 3. The van der Waals surface area contributed by atoms with Gasteiger partial charge in [0.05, 0.1) is 18.1 Å². The summed E-state index contributed by atoms with van der Waals surface area (Å²) in [5, 5.41) is 34.8. The van der Waals surface area contributed by atoms with E-state index in [1.165, 1.54) is 6.08 Å². The molecule has 8 atom stereocenters. The van der Waals surface area contributed by atoms with Crippen molar-refractivity contribution >= 4 is 17.7 Å². The van der Waals surface area contributed by atoms with E-state index in [1.54, 1.807) is 52.0 Å². The molecule has 0 spiro atoms. The van der Waals surface area contributed by atoms with Crippen molar-refractivity contribution < 1.29 is 39.2 Å². The topological polar surface area (TPSA) is 130 Å². The molecule has 3 N–H and O–H groups in total. The fraction of sp³-hybridized carbons (Fsp3) is 0.676. The largest absolute Gasteiger partial charge is 0.455 e. The maximum absolute atomic E-state index is 13.3. The van der Waals surface area contributed by atoms with Crippen molar-refractivity contribution in [2.75, 3.05) is 6.61 Å². The number of ketones is 1. The van der Waals surface area contributed by atoms with Gasteiger partial charge in [0.25, 0.3) is 0 Å². The standard InChI is InChI=1S/C34H48O8/c1-8-9-10-11-12-13-14-15-26(36)41-29-22(5)33(40)24(27-31(6,7)34(27,29)42-30(38)20(2)3)17-23(19-35)18-32(39)25(33)16-21(4)28(32)37/h12-17,20,22,24-25,27,29,35,39-40H,8-11,18-19H2,1-7H3/b13-12+,15-14-/t22-,24+,25-,27-,29-,32-,33-,34-/m1/s1. The zero-order chi connectivity index (χ0) is 31.3. The average Bonchev–Trinajstić information content (AvgIpc) is 3.36. The summed E-state index contributed by atoms with van der Waals surface area (Å²) in [6.07, 6.45) is 13.1. The second-order valence-corrected chi connectivity index (χ2v) is 13.7. The number of rotatable bonds is 10. The van der Waals surface area contributed by atoms with Crippen LogP contribution in [-0.4, -0.2) is 62.6 Å². The minimum absolute atomic E-state index is 0.129. The minimum atomic E-state index is -1.96. The Labute approximate surface area is 249 Å². The summed E-state index contributed by atoms with van der Waals surface area (Å²) >= 11 is 0. The molecule has 0 heterocycles. The normalized spacial score (nSPS) is 38.5. The molecular weight excluding hydrogens is 536 g/mol. The lowest BCUT2D eigenvalue weighted by atomic mass is 9.59. The highest BCUT2D eigenvalue weighted by Gasteiger charge is 2.88. The maximum Gasteiger partial charge on any atom is 0.331 e. The van der Waals surface area contributed by atoms with Gasteiger partial charge in [-0.3, -0.25) is 9.59 Å². The van der Waals surface area contributed by atoms with Crippen molar-refractivity contribution in [1.82, 2.24) is 0 Å². The van der Waals surface area contributed by atoms with E-state index < -0.39 is 82.2 Å². The van der Waals surface area contributed by atoms with Gasteiger partial charge in [0.2, 0.25) is 0 Å². The highest BCUT2D eigenvalue weighted by atomic mass is 16.6. The molecule has 0 saturated heterocycles. The molecular formula is C34H48O8. The predicted octanol–water partition coefficient (Wildman–Crippen LogP) is 4.38. The predicted molar refractivity (Wildman–Crippen MR) is 158 cm³/mol. The number of aliphatic hydroxyl groups is 3. The molecule has 8 heteroatoms. The van der Waals surface area contributed by atoms with Crippen LogP contribution in [0.4, 0.5) is 0 Å². The Morgan fingerprint density at radius 2 is 1.83 bits per heavy atom. The Bertz CT molecular complexity index is 1220. The molecule has 0 amide bonds. The van der Waals surface area contributed by atoms with Crippen LogP contribution in [0.15, 0.2) is 47.6 Å². The molecule has 2 fully saturated rings. The molecule has 0 radical (unpaired) electrons. The van der Waals surface area contributed by atoms with Gasteiger partial charge in [-0.25, -0.2) is 4.79 Å². The number of allylic oxidation sites excluding steroid dienone is 3. The van der Waals surface area contributed by atoms with Crippen LogP contribution in [0.3, 0.4) is 0 Å². The molecule has 0 aromatic rings. The number of hydrogen-bond acceptors (Lipinski definition) is 8. The zero-order valence-corrected chi connectivity index (χ0v) is 26.1. The first kappa shape index (κ1) is 32.4. The van der Waals surface area contributed by atoms with E-state index in [4.69, 9.17) is 9.47 Å². The Morgan fingerprint density at radius 3 is 2.45 bits per heavy atom. The summed E-state index contributed by atoms with van der Waals surface area (Å²) in [5.41, 5.74) is -4.94. The average molecular weight is 585 g/mol. The van der Waals surface area contributed by atoms with E-state index in [0.717, 1.165) is 25.7 Å². The number of unbranched alkanes of at least 4 members (excludes halogenated alkanes) is 3. The van der Waals surface area contributed by atoms with Crippen molar-refractivity contribution in [2.45, 2.75) is 103 Å². The summed E-state index contributed by atoms with van der Waals surface area (Å²) in [6, 6.07) is 0. The smallest absolute Gasteiger partial charge is 0.331 e. The van der Waals surface area contributed by atoms with Gasteiger partial charge in [-0.1, -0.05) is 84.8 Å². The van der Waals surface area contributed by atoms with Crippen molar-refractivity contribution in [1.29, 1.82) is 0 Å². The Balaban J connectivity index is 1.78. The SMILES string of the molecule is CCCCC/C=C/C=C\C(=O)O[C@@H]1[C@@H](C)[C@@]2(O)[C@@H](C=C(CO)C[C@]3(O)C(=O)C(C)=C[C@@H]23)[C@@H]2C(C)(C)[C@]12OC(=O)C(C)C. The van der Waals surface area contributed by atoms with Crippen molar-refractivity contribution in [3.63, 3.8) is 0 Å². The second-order valence-electron chi connectivity index (χ2n) is 13.7. The molecule has 0 unspecified atom stereocenters. The molecule has 0 aromatic heterocycles. The van der Waals surface area contributed by atoms with Gasteiger partial charge in [0.1, 0.15) is 11.7 Å². The summed E-state index contributed by atoms with van der Waals surface area (Å²) in [7, 11) is 0. The number of esters is 2. The summed E-state index contributed by atoms with van der Waals surface area (Å²) < 4.78 is 12.4. The summed E-state index contributed by atoms with van der Waals surface area (Å²) in [6.45, 7) is 12.4. The van der Waals surface area contributed by atoms with Crippen LogP contribution in [0, 0.1) is 35.0 Å². The number of Topliss-reactive ketones (excluding diaryl/α,β-unsaturated/α-hetero) is 1. The molecule has 2 saturated carbocycles. The fourth-order valence-corrected chi connectivity index (χ4v) is 8.09. The van der Waals surface area contributed by atoms with Gasteiger partial charge in [0, 0.05) is 41.6 Å². The zero-order valence-electron chi connectivity index (χ0n) is 26.1. The number of carbonyl (C=O) groups is 3. The third-order valence-electron chi connectivity index (χ3n) is 10.4. The lowest BCUT2D eigenvalue weighted by molar-refractivity contribution is -0.228. The third kappa shape index (κ3) is 4.83. The van der Waals surface area contributed by atoms with Gasteiger partial charge >= 0.3 is 11.9 Å². The summed E-state index contributed by atoms with van der Waals surface area (Å²) in [5.74, 6) is -5.11. The van der Waals surface area contributed by atoms with Crippen LogP contribution >= 0.6 is 0 Å². The number of aliphatic hydroxyl groups excluding tert-OH is 1. The van der Waals surface area contributed by atoms with E-state index in [-0.39, 0.29) is 6.42 Å².